The Morgan fingerprint density at radius 3 is 2.68 bits per heavy atom. The topological polar surface area (TPSA) is 88.1 Å². The lowest BCUT2D eigenvalue weighted by molar-refractivity contribution is 0.104. The average Bonchev–Trinajstić information content (AvgIpc) is 2.99. The van der Waals surface area contributed by atoms with Crippen LogP contribution in [0.5, 0.6) is 23.0 Å². The van der Waals surface area contributed by atoms with Crippen molar-refractivity contribution in [3.05, 3.63) is 47.5 Å². The number of fused-ring (bicyclic) bond motifs is 1. The molecule has 0 bridgehead atoms. The summed E-state index contributed by atoms with van der Waals surface area (Å²) in [6, 6.07) is 7.93. The first-order valence-electron chi connectivity index (χ1n) is 7.36. The predicted molar refractivity (Wildman–Crippen MR) is 92.9 cm³/mol. The Morgan fingerprint density at radius 2 is 2.00 bits per heavy atom. The van der Waals surface area contributed by atoms with Gasteiger partial charge in [0.2, 0.25) is 4.90 Å². The summed E-state index contributed by atoms with van der Waals surface area (Å²) in [5.74, 6) is 0.896. The molecular formula is C18H16O6S. The van der Waals surface area contributed by atoms with E-state index in [1.165, 1.54) is 32.4 Å². The monoisotopic (exact) mass is 360 g/mol. The Hall–Kier alpha value is -2.64. The van der Waals surface area contributed by atoms with E-state index in [0.29, 0.717) is 33.3 Å². The Kier molecular flexibility index (Phi) is 4.87. The maximum atomic E-state index is 12.5. The maximum absolute atomic E-state index is 12.5. The molecule has 0 saturated heterocycles. The van der Waals surface area contributed by atoms with E-state index in [9.17, 15) is 14.5 Å². The number of hydrogen-bond acceptors (Lipinski definition) is 6. The number of methoxy groups -OCH3 is 2. The molecule has 0 amide bonds. The summed E-state index contributed by atoms with van der Waals surface area (Å²) in [5, 5.41) is 9.78. The van der Waals surface area contributed by atoms with Crippen molar-refractivity contribution >= 4 is 23.0 Å². The molecule has 2 aromatic rings. The molecule has 1 N–H and O–H groups in total. The van der Waals surface area contributed by atoms with Crippen molar-refractivity contribution in [2.24, 2.45) is 0 Å². The fourth-order valence-corrected chi connectivity index (χ4v) is 3.39. The van der Waals surface area contributed by atoms with Crippen molar-refractivity contribution in [2.45, 2.75) is 4.90 Å². The molecule has 0 fully saturated rings. The number of carbonyl (C=O) groups is 1. The molecule has 0 spiro atoms. The van der Waals surface area contributed by atoms with Crippen LogP contribution in [0.25, 0.3) is 6.08 Å². The van der Waals surface area contributed by atoms with Crippen LogP contribution in [0.2, 0.25) is 0 Å². The molecule has 7 heteroatoms. The Morgan fingerprint density at radius 1 is 1.24 bits per heavy atom. The first kappa shape index (κ1) is 17.2. The quantitative estimate of drug-likeness (QED) is 0.501. The Labute approximate surface area is 147 Å². The first-order valence-corrected chi connectivity index (χ1v) is 8.68. The van der Waals surface area contributed by atoms with Gasteiger partial charge in [-0.25, -0.2) is 0 Å². The number of ether oxygens (including phenoxy) is 3. The van der Waals surface area contributed by atoms with Crippen LogP contribution >= 0.6 is 0 Å². The molecule has 0 saturated carbocycles. The van der Waals surface area contributed by atoms with Crippen molar-refractivity contribution < 1.29 is 28.7 Å². The molecule has 3 rings (SSSR count). The number of allylic oxidation sites excluding steroid dienone is 1. The number of carbonyl (C=O) groups excluding carboxylic acids is 1. The number of aromatic hydroxyl groups is 1. The number of benzene rings is 2. The van der Waals surface area contributed by atoms with Crippen molar-refractivity contribution in [1.82, 2.24) is 0 Å². The first-order chi connectivity index (χ1) is 12.0. The van der Waals surface area contributed by atoms with Crippen LogP contribution in [-0.2, 0) is 11.2 Å². The molecule has 0 radical (unpaired) electrons. The van der Waals surface area contributed by atoms with Crippen LogP contribution in [-0.4, -0.2) is 35.6 Å². The van der Waals surface area contributed by atoms with E-state index < -0.39 is 11.2 Å². The van der Waals surface area contributed by atoms with Gasteiger partial charge in [-0.15, -0.1) is 0 Å². The van der Waals surface area contributed by atoms with Crippen LogP contribution in [0.3, 0.4) is 0 Å². The second-order valence-electron chi connectivity index (χ2n) is 5.24. The molecule has 0 aromatic heterocycles. The number of ketones is 1. The summed E-state index contributed by atoms with van der Waals surface area (Å²) in [7, 11) is 2.91. The highest BCUT2D eigenvalue weighted by Gasteiger charge is 2.29. The van der Waals surface area contributed by atoms with Crippen molar-refractivity contribution in [1.29, 1.82) is 0 Å². The van der Waals surface area contributed by atoms with Gasteiger partial charge in [0.15, 0.2) is 23.0 Å². The number of phenolic OH excluding ortho intramolecular Hbond substituents is 1. The fraction of sp³-hybridized carbons (Fsp3) is 0.167. The summed E-state index contributed by atoms with van der Waals surface area (Å²) in [5.41, 5.74) is 0.957. The van der Waals surface area contributed by atoms with E-state index in [0.717, 1.165) is 0 Å². The molecule has 1 aliphatic rings. The minimum atomic E-state index is -1.24. The lowest BCUT2D eigenvalue weighted by atomic mass is 10.1. The van der Waals surface area contributed by atoms with Gasteiger partial charge in [0.05, 0.1) is 19.8 Å². The second-order valence-corrected chi connectivity index (χ2v) is 6.60. The van der Waals surface area contributed by atoms with Gasteiger partial charge < -0.3 is 23.9 Å². The lowest BCUT2D eigenvalue weighted by Crippen LogP contribution is -2.02. The average molecular weight is 360 g/mol. The molecule has 1 unspecified atom stereocenters. The molecule has 1 atom stereocenters. The molecular weight excluding hydrogens is 344 g/mol. The zero-order valence-electron chi connectivity index (χ0n) is 13.6. The van der Waals surface area contributed by atoms with Crippen molar-refractivity contribution in [3.63, 3.8) is 0 Å². The highest BCUT2D eigenvalue weighted by molar-refractivity contribution is 7.91. The van der Waals surface area contributed by atoms with E-state index in [4.69, 9.17) is 14.2 Å². The van der Waals surface area contributed by atoms with Gasteiger partial charge in [0, 0.05) is 23.3 Å². The van der Waals surface area contributed by atoms with E-state index in [-0.39, 0.29) is 17.5 Å². The van der Waals surface area contributed by atoms with Crippen LogP contribution < -0.4 is 14.2 Å². The van der Waals surface area contributed by atoms with E-state index in [1.807, 2.05) is 0 Å². The third-order valence-corrected chi connectivity index (χ3v) is 4.87. The SMILES string of the molecule is COc1ccc(/C=C/C(=O)c2cc3c(cc2OC)[S+]([O-])CO3)cc1O. The lowest BCUT2D eigenvalue weighted by Gasteiger charge is -2.07. The molecule has 1 heterocycles. The molecule has 1 aliphatic heterocycles. The largest absolute Gasteiger partial charge is 0.609 e. The van der Waals surface area contributed by atoms with E-state index in [1.54, 1.807) is 24.3 Å². The number of phenols is 1. The summed E-state index contributed by atoms with van der Waals surface area (Å²) in [6.45, 7) is 0. The minimum absolute atomic E-state index is 0.0110. The Bertz CT molecular complexity index is 846. The van der Waals surface area contributed by atoms with Gasteiger partial charge in [-0.3, -0.25) is 4.79 Å². The third-order valence-electron chi connectivity index (χ3n) is 3.73. The summed E-state index contributed by atoms with van der Waals surface area (Å²) >= 11 is -1.24. The molecule has 0 aliphatic carbocycles. The van der Waals surface area contributed by atoms with Crippen molar-refractivity contribution in [2.75, 3.05) is 20.2 Å². The summed E-state index contributed by atoms with van der Waals surface area (Å²) in [4.78, 5) is 13.0. The smallest absolute Gasteiger partial charge is 0.250 e. The normalized spacial score (nSPS) is 15.7. The fourth-order valence-electron chi connectivity index (χ4n) is 2.45. The van der Waals surface area contributed by atoms with E-state index >= 15 is 0 Å². The zero-order chi connectivity index (χ0) is 18.0. The van der Waals surface area contributed by atoms with Gasteiger partial charge in [-0.2, -0.15) is 0 Å². The van der Waals surface area contributed by atoms with Crippen LogP contribution in [0.15, 0.2) is 41.3 Å². The van der Waals surface area contributed by atoms with Gasteiger partial charge in [0.1, 0.15) is 5.75 Å². The standard InChI is InChI=1S/C18H16O6S/c1-22-15-6-4-11(7-14(15)20)3-5-13(19)12-8-17-18(9-16(12)23-2)25(21)10-24-17/h3-9,20H,10H2,1-2H3/b5-3+. The van der Waals surface area contributed by atoms with Crippen molar-refractivity contribution in [3.8, 4) is 23.0 Å². The van der Waals surface area contributed by atoms with Crippen LogP contribution in [0.1, 0.15) is 15.9 Å². The molecule has 130 valence electrons. The number of rotatable bonds is 5. The molecule has 2 aromatic carbocycles. The molecule has 25 heavy (non-hydrogen) atoms. The molecule has 6 nitrogen and oxygen atoms in total. The van der Waals surface area contributed by atoms with Gasteiger partial charge in [-0.05, 0) is 23.8 Å². The Balaban J connectivity index is 1.87. The van der Waals surface area contributed by atoms with Gasteiger partial charge in [0.25, 0.3) is 5.94 Å². The predicted octanol–water partition coefficient (Wildman–Crippen LogP) is 2.76. The summed E-state index contributed by atoms with van der Waals surface area (Å²) in [6.07, 6.45) is 2.95. The highest BCUT2D eigenvalue weighted by Crippen LogP contribution is 2.37. The van der Waals surface area contributed by atoms with Crippen LogP contribution in [0.4, 0.5) is 0 Å². The minimum Gasteiger partial charge on any atom is -0.609 e. The van der Waals surface area contributed by atoms with E-state index in [2.05, 4.69) is 0 Å². The van der Waals surface area contributed by atoms with Crippen LogP contribution in [0, 0.1) is 0 Å². The number of hydrogen-bond donors (Lipinski definition) is 1. The zero-order valence-corrected chi connectivity index (χ0v) is 14.5. The van der Waals surface area contributed by atoms with Gasteiger partial charge in [-0.1, -0.05) is 12.1 Å². The second kappa shape index (κ2) is 7.08. The maximum Gasteiger partial charge on any atom is 0.250 e. The van der Waals surface area contributed by atoms with Gasteiger partial charge >= 0.3 is 0 Å². The summed E-state index contributed by atoms with van der Waals surface area (Å²) < 4.78 is 27.4. The third kappa shape index (κ3) is 3.42. The highest BCUT2D eigenvalue weighted by atomic mass is 32.2.